The molecule has 0 unspecified atom stereocenters. The Balaban J connectivity index is 1.63. The van der Waals surface area contributed by atoms with Gasteiger partial charge in [-0.2, -0.15) is 0 Å². The van der Waals surface area contributed by atoms with Crippen molar-refractivity contribution in [2.24, 2.45) is 0 Å². The van der Waals surface area contributed by atoms with Gasteiger partial charge in [0.25, 0.3) is 0 Å². The summed E-state index contributed by atoms with van der Waals surface area (Å²) in [5.41, 5.74) is 2.33. The summed E-state index contributed by atoms with van der Waals surface area (Å²) in [6.45, 7) is 0.212. The van der Waals surface area contributed by atoms with E-state index in [2.05, 4.69) is 15.3 Å². The molecular formula is C20H20ClN3O4. The zero-order valence-corrected chi connectivity index (χ0v) is 15.6. The van der Waals surface area contributed by atoms with Crippen molar-refractivity contribution in [1.29, 1.82) is 0 Å². The van der Waals surface area contributed by atoms with E-state index in [0.29, 0.717) is 23.4 Å². The van der Waals surface area contributed by atoms with E-state index in [4.69, 9.17) is 16.3 Å². The smallest absolute Gasteiger partial charge is 0.224 e. The van der Waals surface area contributed by atoms with Gasteiger partial charge in [-0.1, -0.05) is 36.4 Å². The Morgan fingerprint density at radius 1 is 1.04 bits per heavy atom. The van der Waals surface area contributed by atoms with Crippen LogP contribution < -0.4 is 5.32 Å². The molecule has 0 saturated carbocycles. The SMILES string of the molecule is OC[C@H]1O[C@@H](c2ccc3c(NCc4ccccc4)nc(Cl)nc3c2)[C@H](O)[C@@H]1O. The number of aliphatic hydroxyl groups is 3. The second kappa shape index (κ2) is 7.98. The van der Waals surface area contributed by atoms with Crippen LogP contribution in [0.3, 0.4) is 0 Å². The molecule has 1 aromatic heterocycles. The van der Waals surface area contributed by atoms with E-state index in [1.807, 2.05) is 36.4 Å². The molecule has 7 nitrogen and oxygen atoms in total. The summed E-state index contributed by atoms with van der Waals surface area (Å²) in [5.74, 6) is 0.603. The highest BCUT2D eigenvalue weighted by atomic mass is 35.5. The summed E-state index contributed by atoms with van der Waals surface area (Å²) in [7, 11) is 0. The molecule has 0 spiro atoms. The fourth-order valence-electron chi connectivity index (χ4n) is 3.39. The van der Waals surface area contributed by atoms with E-state index >= 15 is 0 Å². The molecule has 4 rings (SSSR count). The lowest BCUT2D eigenvalue weighted by Gasteiger charge is -2.16. The molecule has 4 N–H and O–H groups in total. The number of aliphatic hydroxyl groups excluding tert-OH is 3. The van der Waals surface area contributed by atoms with Gasteiger partial charge in [-0.05, 0) is 34.9 Å². The number of fused-ring (bicyclic) bond motifs is 1. The van der Waals surface area contributed by atoms with Gasteiger partial charge in [-0.3, -0.25) is 0 Å². The molecule has 1 fully saturated rings. The summed E-state index contributed by atoms with van der Waals surface area (Å²) in [4.78, 5) is 8.56. The number of hydrogen-bond donors (Lipinski definition) is 4. The quantitative estimate of drug-likeness (QED) is 0.484. The van der Waals surface area contributed by atoms with Crippen LogP contribution in [0.5, 0.6) is 0 Å². The van der Waals surface area contributed by atoms with Crippen LogP contribution in [0, 0.1) is 0 Å². The Morgan fingerprint density at radius 3 is 2.54 bits per heavy atom. The Morgan fingerprint density at radius 2 is 1.82 bits per heavy atom. The van der Waals surface area contributed by atoms with Crippen LogP contribution >= 0.6 is 11.6 Å². The van der Waals surface area contributed by atoms with Crippen LogP contribution in [-0.2, 0) is 11.3 Å². The molecule has 2 aromatic carbocycles. The first-order valence-corrected chi connectivity index (χ1v) is 9.32. The number of benzene rings is 2. The molecule has 28 heavy (non-hydrogen) atoms. The molecule has 0 aliphatic carbocycles. The number of nitrogens with zero attached hydrogens (tertiary/aromatic N) is 2. The first kappa shape index (κ1) is 19.0. The summed E-state index contributed by atoms with van der Waals surface area (Å²) in [6.07, 6.45) is -3.87. The second-order valence-electron chi connectivity index (χ2n) is 6.72. The maximum absolute atomic E-state index is 10.2. The normalized spacial score (nSPS) is 24.6. The molecule has 2 heterocycles. The minimum atomic E-state index is -1.15. The van der Waals surface area contributed by atoms with Crippen LogP contribution in [0.15, 0.2) is 48.5 Å². The lowest BCUT2D eigenvalue weighted by atomic mass is 10.0. The van der Waals surface area contributed by atoms with Gasteiger partial charge in [0.15, 0.2) is 0 Å². The average molecular weight is 402 g/mol. The molecule has 1 aliphatic rings. The number of hydrogen-bond acceptors (Lipinski definition) is 7. The molecule has 0 amide bonds. The van der Waals surface area contributed by atoms with Crippen molar-refractivity contribution in [2.75, 3.05) is 11.9 Å². The van der Waals surface area contributed by atoms with E-state index in [-0.39, 0.29) is 11.9 Å². The zero-order valence-electron chi connectivity index (χ0n) is 14.9. The van der Waals surface area contributed by atoms with Crippen LogP contribution in [0.4, 0.5) is 5.82 Å². The number of ether oxygens (including phenoxy) is 1. The molecule has 0 bridgehead atoms. The first-order valence-electron chi connectivity index (χ1n) is 8.94. The van der Waals surface area contributed by atoms with Crippen molar-refractivity contribution in [1.82, 2.24) is 9.97 Å². The highest BCUT2D eigenvalue weighted by Crippen LogP contribution is 2.35. The predicted octanol–water partition coefficient (Wildman–Crippen LogP) is 2.05. The molecule has 1 saturated heterocycles. The molecule has 0 radical (unpaired) electrons. The molecule has 8 heteroatoms. The van der Waals surface area contributed by atoms with Gasteiger partial charge in [0.05, 0.1) is 12.1 Å². The van der Waals surface area contributed by atoms with Crippen molar-refractivity contribution in [2.45, 2.75) is 31.0 Å². The lowest BCUT2D eigenvalue weighted by molar-refractivity contribution is -0.0227. The number of nitrogens with one attached hydrogen (secondary N) is 1. The Hall–Kier alpha value is -2.29. The van der Waals surface area contributed by atoms with Crippen molar-refractivity contribution in [3.05, 3.63) is 64.9 Å². The Labute approximate surface area is 166 Å². The van der Waals surface area contributed by atoms with Crippen molar-refractivity contribution in [3.63, 3.8) is 0 Å². The summed E-state index contributed by atoms with van der Waals surface area (Å²) < 4.78 is 5.59. The molecule has 3 aromatic rings. The standard InChI is InChI=1S/C20H20ClN3O4/c21-20-23-14-8-12(18-17(27)16(26)15(10-25)28-18)6-7-13(14)19(24-20)22-9-11-4-2-1-3-5-11/h1-8,15-18,25-27H,9-10H2,(H,22,23,24)/t15-,16-,17-,18+/m1/s1. The summed E-state index contributed by atoms with van der Waals surface area (Å²) in [5, 5.41) is 33.6. The van der Waals surface area contributed by atoms with Crippen LogP contribution in [-0.4, -0.2) is 50.2 Å². The van der Waals surface area contributed by atoms with E-state index < -0.39 is 24.4 Å². The third kappa shape index (κ3) is 3.67. The van der Waals surface area contributed by atoms with Gasteiger partial charge in [0, 0.05) is 11.9 Å². The highest BCUT2D eigenvalue weighted by molar-refractivity contribution is 6.28. The van der Waals surface area contributed by atoms with Gasteiger partial charge >= 0.3 is 0 Å². The minimum absolute atomic E-state index is 0.0985. The highest BCUT2D eigenvalue weighted by Gasteiger charge is 2.43. The summed E-state index contributed by atoms with van der Waals surface area (Å²) >= 11 is 6.10. The van der Waals surface area contributed by atoms with Crippen molar-refractivity contribution in [3.8, 4) is 0 Å². The molecular weight excluding hydrogens is 382 g/mol. The van der Waals surface area contributed by atoms with Crippen LogP contribution in [0.2, 0.25) is 5.28 Å². The number of halogens is 1. The lowest BCUT2D eigenvalue weighted by Crippen LogP contribution is -2.32. The monoisotopic (exact) mass is 401 g/mol. The van der Waals surface area contributed by atoms with Crippen LogP contribution in [0.25, 0.3) is 10.9 Å². The maximum Gasteiger partial charge on any atom is 0.224 e. The zero-order chi connectivity index (χ0) is 19.7. The second-order valence-corrected chi connectivity index (χ2v) is 7.05. The molecule has 4 atom stereocenters. The largest absolute Gasteiger partial charge is 0.394 e. The fourth-order valence-corrected chi connectivity index (χ4v) is 3.56. The maximum atomic E-state index is 10.2. The number of rotatable bonds is 5. The summed E-state index contributed by atoms with van der Waals surface area (Å²) in [6, 6.07) is 15.3. The first-order chi connectivity index (χ1) is 13.6. The van der Waals surface area contributed by atoms with Crippen molar-refractivity contribution < 1.29 is 20.1 Å². The number of aromatic nitrogens is 2. The predicted molar refractivity (Wildman–Crippen MR) is 105 cm³/mol. The Kier molecular flexibility index (Phi) is 5.43. The van der Waals surface area contributed by atoms with Crippen LogP contribution in [0.1, 0.15) is 17.2 Å². The Bertz CT molecular complexity index is 972. The fraction of sp³-hybridized carbons (Fsp3) is 0.300. The van der Waals surface area contributed by atoms with E-state index in [1.54, 1.807) is 12.1 Å². The van der Waals surface area contributed by atoms with E-state index in [1.165, 1.54) is 0 Å². The van der Waals surface area contributed by atoms with E-state index in [0.717, 1.165) is 10.9 Å². The van der Waals surface area contributed by atoms with Gasteiger partial charge in [-0.25, -0.2) is 9.97 Å². The van der Waals surface area contributed by atoms with Crippen molar-refractivity contribution >= 4 is 28.3 Å². The minimum Gasteiger partial charge on any atom is -0.394 e. The van der Waals surface area contributed by atoms with Gasteiger partial charge in [0.1, 0.15) is 30.2 Å². The van der Waals surface area contributed by atoms with Gasteiger partial charge in [-0.15, -0.1) is 0 Å². The topological polar surface area (TPSA) is 108 Å². The number of anilines is 1. The van der Waals surface area contributed by atoms with Gasteiger partial charge < -0.3 is 25.4 Å². The molecule has 1 aliphatic heterocycles. The van der Waals surface area contributed by atoms with Gasteiger partial charge in [0.2, 0.25) is 5.28 Å². The molecule has 146 valence electrons. The van der Waals surface area contributed by atoms with E-state index in [9.17, 15) is 15.3 Å². The third-order valence-corrected chi connectivity index (χ3v) is 5.04. The third-order valence-electron chi connectivity index (χ3n) is 4.87. The average Bonchev–Trinajstić information content (AvgIpc) is 3.00.